The fraction of sp³-hybridized carbons (Fsp3) is 0.875. The highest BCUT2D eigenvalue weighted by molar-refractivity contribution is 5.82. The monoisotopic (exact) mass is 314 g/mol. The molecule has 0 aromatic carbocycles. The molecule has 1 atom stereocenters. The molecular formula is C16H30N2O4. The van der Waals surface area contributed by atoms with E-state index in [-0.39, 0.29) is 24.9 Å². The summed E-state index contributed by atoms with van der Waals surface area (Å²) in [6.07, 6.45) is 4.54. The Balaban J connectivity index is 2.28. The number of amides is 2. The first-order chi connectivity index (χ1) is 10.2. The molecular weight excluding hydrogens is 284 g/mol. The average molecular weight is 314 g/mol. The van der Waals surface area contributed by atoms with Gasteiger partial charge in [0.2, 0.25) is 5.91 Å². The van der Waals surface area contributed by atoms with Gasteiger partial charge < -0.3 is 20.1 Å². The van der Waals surface area contributed by atoms with Gasteiger partial charge in [0.1, 0.15) is 12.1 Å². The first-order valence-corrected chi connectivity index (χ1v) is 8.08. The van der Waals surface area contributed by atoms with Gasteiger partial charge in [-0.25, -0.2) is 4.79 Å². The molecule has 0 radical (unpaired) electrons. The zero-order chi connectivity index (χ0) is 16.8. The van der Waals surface area contributed by atoms with Crippen molar-refractivity contribution in [3.05, 3.63) is 0 Å². The molecule has 128 valence electrons. The second-order valence-electron chi connectivity index (χ2n) is 7.11. The standard InChI is InChI=1S/C16H30N2O4/c1-16(2,3)22-15(21)18(4)11-14(20)17-10-13(19)12-8-6-5-7-9-12/h12-13,19H,5-11H2,1-4H3,(H,17,20)/t13-/m1/s1. The van der Waals surface area contributed by atoms with Crippen molar-refractivity contribution in [1.29, 1.82) is 0 Å². The van der Waals surface area contributed by atoms with Gasteiger partial charge >= 0.3 is 6.09 Å². The molecule has 1 rings (SSSR count). The summed E-state index contributed by atoms with van der Waals surface area (Å²) in [7, 11) is 1.52. The van der Waals surface area contributed by atoms with E-state index in [1.165, 1.54) is 18.4 Å². The summed E-state index contributed by atoms with van der Waals surface area (Å²) in [5.41, 5.74) is -0.584. The van der Waals surface area contributed by atoms with Crippen LogP contribution in [0.15, 0.2) is 0 Å². The maximum atomic E-state index is 11.8. The predicted octanol–water partition coefficient (Wildman–Crippen LogP) is 1.91. The number of carbonyl (C=O) groups is 2. The molecule has 0 aromatic rings. The van der Waals surface area contributed by atoms with E-state index in [4.69, 9.17) is 4.74 Å². The number of hydrogen-bond acceptors (Lipinski definition) is 4. The summed E-state index contributed by atoms with van der Waals surface area (Å²) in [6, 6.07) is 0. The molecule has 22 heavy (non-hydrogen) atoms. The van der Waals surface area contributed by atoms with Crippen LogP contribution in [0.4, 0.5) is 4.79 Å². The third-order valence-electron chi connectivity index (χ3n) is 3.79. The van der Waals surface area contributed by atoms with Gasteiger partial charge in [0.25, 0.3) is 0 Å². The third kappa shape index (κ3) is 7.11. The molecule has 0 bridgehead atoms. The average Bonchev–Trinajstić information content (AvgIpc) is 2.43. The van der Waals surface area contributed by atoms with Crippen LogP contribution >= 0.6 is 0 Å². The molecule has 6 nitrogen and oxygen atoms in total. The van der Waals surface area contributed by atoms with Gasteiger partial charge in [-0.05, 0) is 39.5 Å². The first-order valence-electron chi connectivity index (χ1n) is 8.08. The molecule has 1 aliphatic carbocycles. The van der Waals surface area contributed by atoms with E-state index in [2.05, 4.69) is 5.32 Å². The van der Waals surface area contributed by atoms with Crippen LogP contribution in [0.2, 0.25) is 0 Å². The van der Waals surface area contributed by atoms with Crippen molar-refractivity contribution < 1.29 is 19.4 Å². The van der Waals surface area contributed by atoms with Gasteiger partial charge in [0.05, 0.1) is 6.10 Å². The van der Waals surface area contributed by atoms with Crippen LogP contribution in [0.25, 0.3) is 0 Å². The minimum Gasteiger partial charge on any atom is -0.444 e. The summed E-state index contributed by atoms with van der Waals surface area (Å²) < 4.78 is 5.18. The fourth-order valence-electron chi connectivity index (χ4n) is 2.58. The second kappa shape index (κ2) is 8.36. The summed E-state index contributed by atoms with van der Waals surface area (Å²) in [5, 5.41) is 12.8. The zero-order valence-corrected chi connectivity index (χ0v) is 14.2. The van der Waals surface area contributed by atoms with Crippen LogP contribution in [-0.4, -0.2) is 53.8 Å². The van der Waals surface area contributed by atoms with E-state index < -0.39 is 17.8 Å². The SMILES string of the molecule is CN(CC(=O)NC[C@@H](O)C1CCCCC1)C(=O)OC(C)(C)C. The lowest BCUT2D eigenvalue weighted by Gasteiger charge is -2.27. The van der Waals surface area contributed by atoms with Crippen LogP contribution in [0.1, 0.15) is 52.9 Å². The smallest absolute Gasteiger partial charge is 0.410 e. The van der Waals surface area contributed by atoms with Crippen molar-refractivity contribution in [2.45, 2.75) is 64.6 Å². The van der Waals surface area contributed by atoms with Crippen molar-refractivity contribution >= 4 is 12.0 Å². The zero-order valence-electron chi connectivity index (χ0n) is 14.2. The molecule has 0 unspecified atom stereocenters. The minimum absolute atomic E-state index is 0.0771. The van der Waals surface area contributed by atoms with Crippen LogP contribution in [0.3, 0.4) is 0 Å². The van der Waals surface area contributed by atoms with Crippen molar-refractivity contribution in [3.63, 3.8) is 0 Å². The summed E-state index contributed by atoms with van der Waals surface area (Å²) in [5.74, 6) is -0.0131. The number of aliphatic hydroxyl groups is 1. The van der Waals surface area contributed by atoms with Crippen molar-refractivity contribution in [2.75, 3.05) is 20.1 Å². The Hall–Kier alpha value is -1.30. The van der Waals surface area contributed by atoms with Crippen LogP contribution in [-0.2, 0) is 9.53 Å². The number of rotatable bonds is 5. The number of ether oxygens (including phenoxy) is 1. The van der Waals surface area contributed by atoms with E-state index in [0.717, 1.165) is 25.7 Å². The molecule has 6 heteroatoms. The predicted molar refractivity (Wildman–Crippen MR) is 84.5 cm³/mol. The molecule has 0 saturated heterocycles. The number of likely N-dealkylation sites (N-methyl/N-ethyl adjacent to an activating group) is 1. The lowest BCUT2D eigenvalue weighted by Crippen LogP contribution is -2.44. The third-order valence-corrected chi connectivity index (χ3v) is 3.79. The van der Waals surface area contributed by atoms with Crippen LogP contribution in [0, 0.1) is 5.92 Å². The van der Waals surface area contributed by atoms with Gasteiger partial charge in [-0.3, -0.25) is 4.79 Å². The van der Waals surface area contributed by atoms with Gasteiger partial charge in [-0.15, -0.1) is 0 Å². The van der Waals surface area contributed by atoms with Gasteiger partial charge in [0.15, 0.2) is 0 Å². The molecule has 0 aliphatic heterocycles. The molecule has 2 amide bonds. The van der Waals surface area contributed by atoms with E-state index >= 15 is 0 Å². The van der Waals surface area contributed by atoms with Crippen molar-refractivity contribution in [3.8, 4) is 0 Å². The number of carbonyl (C=O) groups excluding carboxylic acids is 2. The molecule has 1 fully saturated rings. The highest BCUT2D eigenvalue weighted by atomic mass is 16.6. The lowest BCUT2D eigenvalue weighted by molar-refractivity contribution is -0.122. The number of hydrogen-bond donors (Lipinski definition) is 2. The topological polar surface area (TPSA) is 78.9 Å². The fourth-order valence-corrected chi connectivity index (χ4v) is 2.58. The summed E-state index contributed by atoms with van der Waals surface area (Å²) >= 11 is 0. The number of aliphatic hydroxyl groups excluding tert-OH is 1. The van der Waals surface area contributed by atoms with E-state index in [9.17, 15) is 14.7 Å². The Morgan fingerprint density at radius 1 is 1.27 bits per heavy atom. The molecule has 2 N–H and O–H groups in total. The second-order valence-corrected chi connectivity index (χ2v) is 7.11. The Kier molecular flexibility index (Phi) is 7.13. The van der Waals surface area contributed by atoms with Gasteiger partial charge in [-0.2, -0.15) is 0 Å². The Morgan fingerprint density at radius 3 is 2.41 bits per heavy atom. The lowest BCUT2D eigenvalue weighted by atomic mass is 9.85. The Bertz CT molecular complexity index is 373. The molecule has 0 aromatic heterocycles. The first kappa shape index (κ1) is 18.7. The largest absolute Gasteiger partial charge is 0.444 e. The minimum atomic E-state index is -0.584. The Morgan fingerprint density at radius 2 is 1.86 bits per heavy atom. The molecule has 0 heterocycles. The quantitative estimate of drug-likeness (QED) is 0.812. The van der Waals surface area contributed by atoms with E-state index in [1.54, 1.807) is 20.8 Å². The van der Waals surface area contributed by atoms with Crippen molar-refractivity contribution in [2.24, 2.45) is 5.92 Å². The number of nitrogens with one attached hydrogen (secondary N) is 1. The molecule has 1 aliphatic rings. The molecule has 0 spiro atoms. The molecule has 1 saturated carbocycles. The maximum Gasteiger partial charge on any atom is 0.410 e. The highest BCUT2D eigenvalue weighted by Gasteiger charge is 2.23. The van der Waals surface area contributed by atoms with E-state index in [0.29, 0.717) is 0 Å². The van der Waals surface area contributed by atoms with Crippen molar-refractivity contribution in [1.82, 2.24) is 10.2 Å². The van der Waals surface area contributed by atoms with Crippen LogP contribution in [0.5, 0.6) is 0 Å². The van der Waals surface area contributed by atoms with Gasteiger partial charge in [-0.1, -0.05) is 19.3 Å². The van der Waals surface area contributed by atoms with E-state index in [1.807, 2.05) is 0 Å². The normalized spacial score (nSPS) is 17.7. The summed E-state index contributed by atoms with van der Waals surface area (Å²) in [6.45, 7) is 5.50. The maximum absolute atomic E-state index is 11.8. The van der Waals surface area contributed by atoms with Crippen LogP contribution < -0.4 is 5.32 Å². The number of nitrogens with zero attached hydrogens (tertiary/aromatic N) is 1. The highest BCUT2D eigenvalue weighted by Crippen LogP contribution is 2.26. The Labute approximate surface area is 133 Å². The summed E-state index contributed by atoms with van der Waals surface area (Å²) in [4.78, 5) is 24.8. The van der Waals surface area contributed by atoms with Gasteiger partial charge in [0, 0.05) is 13.6 Å².